The van der Waals surface area contributed by atoms with E-state index in [-0.39, 0.29) is 5.03 Å². The Balaban J connectivity index is 2.36. The molecular weight excluding hydrogens is 256 g/mol. The molecule has 0 spiro atoms. The fourth-order valence-electron chi connectivity index (χ4n) is 2.05. The first-order valence-corrected chi connectivity index (χ1v) is 7.17. The van der Waals surface area contributed by atoms with Gasteiger partial charge in [-0.2, -0.15) is 9.30 Å². The molecule has 1 aliphatic rings. The molecule has 1 atom stereocenters. The number of nitrogens with zero attached hydrogens (tertiary/aromatic N) is 3. The van der Waals surface area contributed by atoms with E-state index in [9.17, 15) is 13.2 Å². The van der Waals surface area contributed by atoms with Gasteiger partial charge in [0.2, 0.25) is 6.08 Å². The van der Waals surface area contributed by atoms with Crippen molar-refractivity contribution >= 4 is 16.1 Å². The van der Waals surface area contributed by atoms with E-state index in [1.807, 2.05) is 0 Å². The van der Waals surface area contributed by atoms with Crippen molar-refractivity contribution < 1.29 is 13.2 Å². The molecular formula is C10H14N4O3S. The topological polar surface area (TPSA) is 95.5 Å². The number of sulfonamides is 1. The molecule has 0 aromatic carbocycles. The largest absolute Gasteiger partial charge is 0.335 e. The molecule has 1 aromatic heterocycles. The molecule has 2 rings (SSSR count). The van der Waals surface area contributed by atoms with Crippen molar-refractivity contribution in [3.8, 4) is 0 Å². The number of hydrogen-bond donors (Lipinski definition) is 1. The van der Waals surface area contributed by atoms with Gasteiger partial charge in [0.05, 0.1) is 12.5 Å². The SMILES string of the molecule is O=C=NC1CCCCCN1S(=O)(=O)c1cnc[nH]1. The Labute approximate surface area is 105 Å². The van der Waals surface area contributed by atoms with Crippen molar-refractivity contribution in [2.24, 2.45) is 4.99 Å². The molecule has 0 aliphatic carbocycles. The van der Waals surface area contributed by atoms with Crippen LogP contribution in [0, 0.1) is 0 Å². The Hall–Kier alpha value is -1.50. The van der Waals surface area contributed by atoms with Crippen molar-refractivity contribution in [3.63, 3.8) is 0 Å². The minimum Gasteiger partial charge on any atom is -0.335 e. The predicted molar refractivity (Wildman–Crippen MR) is 62.9 cm³/mol. The first-order chi connectivity index (χ1) is 8.66. The minimum atomic E-state index is -3.67. The van der Waals surface area contributed by atoms with E-state index in [0.29, 0.717) is 13.0 Å². The zero-order chi connectivity index (χ0) is 13.0. The van der Waals surface area contributed by atoms with Crippen molar-refractivity contribution in [1.29, 1.82) is 0 Å². The Morgan fingerprint density at radius 2 is 2.28 bits per heavy atom. The van der Waals surface area contributed by atoms with E-state index in [1.165, 1.54) is 22.9 Å². The lowest BCUT2D eigenvalue weighted by Crippen LogP contribution is -2.39. The maximum absolute atomic E-state index is 12.4. The molecule has 1 unspecified atom stereocenters. The molecule has 0 amide bonds. The Bertz CT molecular complexity index is 533. The van der Waals surface area contributed by atoms with Crippen LogP contribution in [0.25, 0.3) is 0 Å². The van der Waals surface area contributed by atoms with E-state index in [2.05, 4.69) is 15.0 Å². The lowest BCUT2D eigenvalue weighted by atomic mass is 10.2. The van der Waals surface area contributed by atoms with Crippen LogP contribution in [-0.2, 0) is 14.8 Å². The van der Waals surface area contributed by atoms with Crippen molar-refractivity contribution in [1.82, 2.24) is 14.3 Å². The Morgan fingerprint density at radius 3 is 2.94 bits per heavy atom. The third-order valence-corrected chi connectivity index (χ3v) is 4.76. The molecule has 98 valence electrons. The van der Waals surface area contributed by atoms with E-state index in [0.717, 1.165) is 19.3 Å². The molecule has 8 heteroatoms. The summed E-state index contributed by atoms with van der Waals surface area (Å²) in [5, 5.41) is 0.0236. The van der Waals surface area contributed by atoms with Gasteiger partial charge in [0.15, 0.2) is 5.03 Å². The van der Waals surface area contributed by atoms with Gasteiger partial charge in [-0.25, -0.2) is 18.2 Å². The number of aromatic amines is 1. The van der Waals surface area contributed by atoms with Gasteiger partial charge in [0, 0.05) is 6.54 Å². The summed E-state index contributed by atoms with van der Waals surface area (Å²) in [7, 11) is -3.67. The maximum Gasteiger partial charge on any atom is 0.261 e. The average Bonchev–Trinajstić information content (AvgIpc) is 2.78. The molecule has 0 radical (unpaired) electrons. The monoisotopic (exact) mass is 270 g/mol. The molecule has 1 aromatic rings. The first-order valence-electron chi connectivity index (χ1n) is 5.73. The quantitative estimate of drug-likeness (QED) is 0.644. The summed E-state index contributed by atoms with van der Waals surface area (Å²) in [6.07, 6.45) is 6.45. The first kappa shape index (κ1) is 12.9. The number of nitrogens with one attached hydrogen (secondary N) is 1. The van der Waals surface area contributed by atoms with Gasteiger partial charge in [0.25, 0.3) is 10.0 Å². The number of aromatic nitrogens is 2. The minimum absolute atomic E-state index is 0.0236. The van der Waals surface area contributed by atoms with Gasteiger partial charge in [0.1, 0.15) is 6.17 Å². The van der Waals surface area contributed by atoms with Gasteiger partial charge in [-0.05, 0) is 19.3 Å². The van der Waals surface area contributed by atoms with Crippen molar-refractivity contribution in [2.75, 3.05) is 6.54 Å². The van der Waals surface area contributed by atoms with Crippen LogP contribution in [0.4, 0.5) is 0 Å². The Morgan fingerprint density at radius 1 is 1.44 bits per heavy atom. The summed E-state index contributed by atoms with van der Waals surface area (Å²) in [6.45, 7) is 0.358. The van der Waals surface area contributed by atoms with E-state index < -0.39 is 16.2 Å². The molecule has 0 bridgehead atoms. The smallest absolute Gasteiger partial charge is 0.261 e. The normalized spacial score (nSPS) is 22.1. The number of imidazole rings is 1. The summed E-state index contributed by atoms with van der Waals surface area (Å²) < 4.78 is 26.0. The van der Waals surface area contributed by atoms with Gasteiger partial charge in [-0.15, -0.1) is 0 Å². The molecule has 18 heavy (non-hydrogen) atoms. The summed E-state index contributed by atoms with van der Waals surface area (Å²) in [5.74, 6) is 0. The highest BCUT2D eigenvalue weighted by molar-refractivity contribution is 7.89. The lowest BCUT2D eigenvalue weighted by Gasteiger charge is -2.24. The number of hydrogen-bond acceptors (Lipinski definition) is 5. The maximum atomic E-state index is 12.4. The van der Waals surface area contributed by atoms with Crippen LogP contribution in [0.1, 0.15) is 25.7 Å². The zero-order valence-electron chi connectivity index (χ0n) is 9.74. The number of H-pyrrole nitrogens is 1. The van der Waals surface area contributed by atoms with Gasteiger partial charge < -0.3 is 4.98 Å². The Kier molecular flexibility index (Phi) is 3.90. The highest BCUT2D eigenvalue weighted by Gasteiger charge is 2.33. The average molecular weight is 270 g/mol. The summed E-state index contributed by atoms with van der Waals surface area (Å²) in [5.41, 5.74) is 0. The second kappa shape index (κ2) is 5.43. The van der Waals surface area contributed by atoms with E-state index >= 15 is 0 Å². The zero-order valence-corrected chi connectivity index (χ0v) is 10.6. The lowest BCUT2D eigenvalue weighted by molar-refractivity contribution is 0.329. The fraction of sp³-hybridized carbons (Fsp3) is 0.600. The number of isocyanates is 1. The highest BCUT2D eigenvalue weighted by atomic mass is 32.2. The van der Waals surface area contributed by atoms with Crippen LogP contribution in [0.5, 0.6) is 0 Å². The van der Waals surface area contributed by atoms with Crippen LogP contribution < -0.4 is 0 Å². The molecule has 1 aliphatic heterocycles. The fourth-order valence-corrected chi connectivity index (χ4v) is 3.54. The van der Waals surface area contributed by atoms with Crippen molar-refractivity contribution in [2.45, 2.75) is 36.9 Å². The standard InChI is InChI=1S/C10H14N4O3S/c15-8-13-9-4-2-1-3-5-14(9)18(16,17)10-6-11-7-12-10/h6-7,9H,1-5H2,(H,11,12). The summed E-state index contributed by atoms with van der Waals surface area (Å²) in [6, 6.07) is 0. The third kappa shape index (κ3) is 2.50. The second-order valence-electron chi connectivity index (χ2n) is 4.08. The van der Waals surface area contributed by atoms with Crippen LogP contribution >= 0.6 is 0 Å². The van der Waals surface area contributed by atoms with E-state index in [4.69, 9.17) is 0 Å². The summed E-state index contributed by atoms with van der Waals surface area (Å²) >= 11 is 0. The summed E-state index contributed by atoms with van der Waals surface area (Å²) in [4.78, 5) is 20.3. The molecule has 2 heterocycles. The predicted octanol–water partition coefficient (Wildman–Crippen LogP) is 0.636. The van der Waals surface area contributed by atoms with E-state index in [1.54, 1.807) is 0 Å². The van der Waals surface area contributed by atoms with Crippen LogP contribution in [0.2, 0.25) is 0 Å². The highest BCUT2D eigenvalue weighted by Crippen LogP contribution is 2.23. The second-order valence-corrected chi connectivity index (χ2v) is 5.94. The molecule has 7 nitrogen and oxygen atoms in total. The molecule has 1 fully saturated rings. The number of rotatable bonds is 3. The molecule has 0 saturated carbocycles. The molecule has 1 saturated heterocycles. The van der Waals surface area contributed by atoms with Crippen LogP contribution in [0.3, 0.4) is 0 Å². The van der Waals surface area contributed by atoms with Crippen LogP contribution in [-0.4, -0.2) is 41.5 Å². The van der Waals surface area contributed by atoms with Crippen LogP contribution in [0.15, 0.2) is 22.5 Å². The number of carbonyl (C=O) groups excluding carboxylic acids is 1. The van der Waals surface area contributed by atoms with Crippen molar-refractivity contribution in [3.05, 3.63) is 12.5 Å². The number of aliphatic imine (C=N–C) groups is 1. The van der Waals surface area contributed by atoms with Gasteiger partial charge >= 0.3 is 0 Å². The third-order valence-electron chi connectivity index (χ3n) is 2.93. The van der Waals surface area contributed by atoms with Gasteiger partial charge in [-0.1, -0.05) is 6.42 Å². The molecule has 1 N–H and O–H groups in total. The van der Waals surface area contributed by atoms with Gasteiger partial charge in [-0.3, -0.25) is 0 Å².